The van der Waals surface area contributed by atoms with Gasteiger partial charge >= 0.3 is 5.97 Å². The van der Waals surface area contributed by atoms with E-state index in [1.807, 2.05) is 30.3 Å². The van der Waals surface area contributed by atoms with E-state index in [1.165, 1.54) is 0 Å². The largest absolute Gasteiger partial charge is 0.481 e. The Morgan fingerprint density at radius 3 is 2.67 bits per heavy atom. The van der Waals surface area contributed by atoms with Gasteiger partial charge in [-0.1, -0.05) is 48.0 Å². The molecule has 0 spiro atoms. The fraction of sp³-hybridized carbons (Fsp3) is 0.263. The molecule has 0 saturated carbocycles. The number of carboxylic acids is 1. The van der Waals surface area contributed by atoms with Crippen LogP contribution in [0.3, 0.4) is 0 Å². The fourth-order valence-electron chi connectivity index (χ4n) is 3.26. The van der Waals surface area contributed by atoms with Crippen molar-refractivity contribution in [3.8, 4) is 5.75 Å². The summed E-state index contributed by atoms with van der Waals surface area (Å²) in [6.45, 7) is 0. The lowest BCUT2D eigenvalue weighted by Gasteiger charge is -2.26. The molecule has 0 aromatic heterocycles. The summed E-state index contributed by atoms with van der Waals surface area (Å²) in [5.74, 6) is -1.71. The molecular weight excluding hydrogens is 328 g/mol. The second kappa shape index (κ2) is 6.65. The van der Waals surface area contributed by atoms with Crippen LogP contribution in [0.1, 0.15) is 29.9 Å². The van der Waals surface area contributed by atoms with Crippen molar-refractivity contribution in [1.82, 2.24) is 0 Å². The minimum absolute atomic E-state index is 0.328. The van der Waals surface area contributed by atoms with E-state index in [0.717, 1.165) is 12.0 Å². The zero-order chi connectivity index (χ0) is 17.2. The number of ether oxygens (including phenoxy) is 1. The van der Waals surface area contributed by atoms with Crippen LogP contribution in [-0.2, 0) is 16.0 Å². The molecule has 0 saturated heterocycles. The Labute approximate surface area is 145 Å². The van der Waals surface area contributed by atoms with Gasteiger partial charge in [0.1, 0.15) is 11.7 Å². The van der Waals surface area contributed by atoms with Gasteiger partial charge in [0, 0.05) is 10.6 Å². The standard InChI is InChI=1S/C19H17ClO4/c20-14-8-9-15-16(11-14)24-19(12-21,17(15)18(22)23)10-4-7-13-5-2-1-3-6-13/h1-3,5-6,8-9,11-12,17H,4,7,10H2,(H,22,23). The highest BCUT2D eigenvalue weighted by Gasteiger charge is 2.52. The lowest BCUT2D eigenvalue weighted by atomic mass is 9.81. The number of carbonyl (C=O) groups excluding carboxylic acids is 1. The number of rotatable bonds is 6. The number of aliphatic carboxylic acids is 1. The number of aryl methyl sites for hydroxylation is 1. The number of hydrogen-bond acceptors (Lipinski definition) is 3. The highest BCUT2D eigenvalue weighted by Crippen LogP contribution is 2.47. The quantitative estimate of drug-likeness (QED) is 0.808. The lowest BCUT2D eigenvalue weighted by Crippen LogP contribution is -2.43. The summed E-state index contributed by atoms with van der Waals surface area (Å²) in [4.78, 5) is 23.6. The van der Waals surface area contributed by atoms with Gasteiger partial charge in [0.05, 0.1) is 0 Å². The number of carboxylic acid groups (broad SMARTS) is 1. The minimum Gasteiger partial charge on any atom is -0.481 e. The summed E-state index contributed by atoms with van der Waals surface area (Å²) >= 11 is 5.96. The van der Waals surface area contributed by atoms with E-state index >= 15 is 0 Å². The second-order valence-electron chi connectivity index (χ2n) is 5.97. The first-order valence-corrected chi connectivity index (χ1v) is 8.15. The van der Waals surface area contributed by atoms with Crippen molar-refractivity contribution >= 4 is 23.9 Å². The van der Waals surface area contributed by atoms with Gasteiger partial charge in [-0.2, -0.15) is 0 Å². The molecule has 0 radical (unpaired) electrons. The highest BCUT2D eigenvalue weighted by atomic mass is 35.5. The lowest BCUT2D eigenvalue weighted by molar-refractivity contribution is -0.146. The Morgan fingerprint density at radius 2 is 2.00 bits per heavy atom. The van der Waals surface area contributed by atoms with Crippen molar-refractivity contribution < 1.29 is 19.4 Å². The first-order valence-electron chi connectivity index (χ1n) is 7.77. The van der Waals surface area contributed by atoms with Crippen molar-refractivity contribution in [3.63, 3.8) is 0 Å². The summed E-state index contributed by atoms with van der Waals surface area (Å²) in [5, 5.41) is 10.1. The molecule has 24 heavy (non-hydrogen) atoms. The summed E-state index contributed by atoms with van der Waals surface area (Å²) in [7, 11) is 0. The molecule has 1 aliphatic heterocycles. The van der Waals surface area contributed by atoms with Gasteiger partial charge in [-0.25, -0.2) is 0 Å². The van der Waals surface area contributed by atoms with Gasteiger partial charge in [-0.15, -0.1) is 0 Å². The summed E-state index contributed by atoms with van der Waals surface area (Å²) < 4.78 is 5.80. The van der Waals surface area contributed by atoms with Crippen LogP contribution in [0.5, 0.6) is 5.75 Å². The molecule has 3 rings (SSSR count). The Bertz CT molecular complexity index is 759. The van der Waals surface area contributed by atoms with E-state index in [-0.39, 0.29) is 0 Å². The van der Waals surface area contributed by atoms with E-state index in [1.54, 1.807) is 18.2 Å². The first kappa shape index (κ1) is 16.5. The smallest absolute Gasteiger partial charge is 0.315 e. The third kappa shape index (κ3) is 3.02. The Kier molecular flexibility index (Phi) is 4.58. The highest BCUT2D eigenvalue weighted by molar-refractivity contribution is 6.30. The van der Waals surface area contributed by atoms with Crippen LogP contribution in [0.25, 0.3) is 0 Å². The number of halogens is 1. The van der Waals surface area contributed by atoms with Crippen LogP contribution in [0.15, 0.2) is 48.5 Å². The van der Waals surface area contributed by atoms with Crippen molar-refractivity contribution in [3.05, 3.63) is 64.7 Å². The van der Waals surface area contributed by atoms with Crippen molar-refractivity contribution in [2.75, 3.05) is 0 Å². The number of benzene rings is 2. The van der Waals surface area contributed by atoms with E-state index < -0.39 is 17.5 Å². The van der Waals surface area contributed by atoms with E-state index in [9.17, 15) is 14.7 Å². The Hall–Kier alpha value is -2.33. The number of aldehydes is 1. The minimum atomic E-state index is -1.38. The van der Waals surface area contributed by atoms with Crippen LogP contribution in [0, 0.1) is 0 Å². The predicted molar refractivity (Wildman–Crippen MR) is 90.6 cm³/mol. The van der Waals surface area contributed by atoms with Gasteiger partial charge in [0.15, 0.2) is 11.9 Å². The molecule has 0 bridgehead atoms. The molecule has 0 aliphatic carbocycles. The first-order chi connectivity index (χ1) is 11.6. The molecule has 124 valence electrons. The van der Waals surface area contributed by atoms with E-state index in [0.29, 0.717) is 35.5 Å². The van der Waals surface area contributed by atoms with Crippen LogP contribution in [0.2, 0.25) is 5.02 Å². The summed E-state index contributed by atoms with van der Waals surface area (Å²) in [6, 6.07) is 14.7. The molecule has 2 aromatic rings. The van der Waals surface area contributed by atoms with Crippen molar-refractivity contribution in [2.45, 2.75) is 30.8 Å². The van der Waals surface area contributed by atoms with Gasteiger partial charge in [-0.05, 0) is 37.0 Å². The zero-order valence-corrected chi connectivity index (χ0v) is 13.7. The van der Waals surface area contributed by atoms with Crippen LogP contribution >= 0.6 is 11.6 Å². The average Bonchev–Trinajstić information content (AvgIpc) is 2.89. The van der Waals surface area contributed by atoms with E-state index in [4.69, 9.17) is 16.3 Å². The molecule has 2 aromatic carbocycles. The van der Waals surface area contributed by atoms with Gasteiger partial charge in [0.25, 0.3) is 0 Å². The molecule has 4 nitrogen and oxygen atoms in total. The van der Waals surface area contributed by atoms with E-state index in [2.05, 4.69) is 0 Å². The topological polar surface area (TPSA) is 63.6 Å². The second-order valence-corrected chi connectivity index (χ2v) is 6.40. The Balaban J connectivity index is 1.83. The molecule has 0 fully saturated rings. The molecule has 0 amide bonds. The molecule has 2 atom stereocenters. The Morgan fingerprint density at radius 1 is 1.25 bits per heavy atom. The SMILES string of the molecule is O=CC1(CCCc2ccccc2)Oc2cc(Cl)ccc2C1C(=O)O. The van der Waals surface area contributed by atoms with Crippen molar-refractivity contribution in [2.24, 2.45) is 0 Å². The van der Waals surface area contributed by atoms with Crippen LogP contribution < -0.4 is 4.74 Å². The monoisotopic (exact) mass is 344 g/mol. The maximum Gasteiger partial charge on any atom is 0.315 e. The number of carbonyl (C=O) groups is 2. The fourth-order valence-corrected chi connectivity index (χ4v) is 3.43. The van der Waals surface area contributed by atoms with Crippen LogP contribution in [0.4, 0.5) is 0 Å². The summed E-state index contributed by atoms with van der Waals surface area (Å²) in [5.41, 5.74) is 0.260. The number of fused-ring (bicyclic) bond motifs is 1. The zero-order valence-electron chi connectivity index (χ0n) is 12.9. The molecule has 1 aliphatic rings. The average molecular weight is 345 g/mol. The third-order valence-electron chi connectivity index (χ3n) is 4.40. The van der Waals surface area contributed by atoms with Gasteiger partial charge in [-0.3, -0.25) is 9.59 Å². The molecule has 2 unspecified atom stereocenters. The number of hydrogen-bond donors (Lipinski definition) is 1. The maximum absolute atomic E-state index is 11.8. The van der Waals surface area contributed by atoms with Crippen LogP contribution in [-0.4, -0.2) is 23.0 Å². The molecular formula is C19H17ClO4. The normalized spacial score (nSPS) is 21.8. The van der Waals surface area contributed by atoms with Crippen molar-refractivity contribution in [1.29, 1.82) is 0 Å². The predicted octanol–water partition coefficient (Wildman–Crippen LogP) is 3.86. The maximum atomic E-state index is 11.8. The van der Waals surface area contributed by atoms with Gasteiger partial charge < -0.3 is 9.84 Å². The van der Waals surface area contributed by atoms with Gasteiger partial charge in [0.2, 0.25) is 0 Å². The molecule has 1 heterocycles. The molecule has 5 heteroatoms. The summed E-state index contributed by atoms with van der Waals surface area (Å²) in [6.07, 6.45) is 2.36. The third-order valence-corrected chi connectivity index (χ3v) is 4.63. The molecule has 1 N–H and O–H groups in total.